The van der Waals surface area contributed by atoms with Gasteiger partial charge in [0.25, 0.3) is 5.89 Å². The van der Waals surface area contributed by atoms with E-state index in [0.717, 1.165) is 28.5 Å². The molecule has 1 heterocycles. The van der Waals surface area contributed by atoms with E-state index >= 15 is 0 Å². The molecule has 0 aliphatic carbocycles. The zero-order valence-electron chi connectivity index (χ0n) is 18.8. The van der Waals surface area contributed by atoms with Crippen LogP contribution in [0.5, 0.6) is 5.75 Å². The third-order valence-corrected chi connectivity index (χ3v) is 5.17. The van der Waals surface area contributed by atoms with E-state index in [-0.39, 0.29) is 13.2 Å². The highest BCUT2D eigenvalue weighted by molar-refractivity contribution is 5.80. The second kappa shape index (κ2) is 10.8. The van der Waals surface area contributed by atoms with Crippen LogP contribution in [0.2, 0.25) is 0 Å². The van der Waals surface area contributed by atoms with Crippen LogP contribution in [0.25, 0.3) is 22.8 Å². The first-order valence-electron chi connectivity index (χ1n) is 10.6. The molecule has 0 saturated carbocycles. The quantitative estimate of drug-likeness (QED) is 0.398. The summed E-state index contributed by atoms with van der Waals surface area (Å²) in [6.45, 7) is 5.06. The highest BCUT2D eigenvalue weighted by atomic mass is 16.5. The van der Waals surface area contributed by atoms with Crippen molar-refractivity contribution in [2.24, 2.45) is 0 Å². The van der Waals surface area contributed by atoms with Crippen molar-refractivity contribution in [3.05, 3.63) is 52.6 Å². The topological polar surface area (TPSA) is 135 Å². The Hall–Kier alpha value is -3.56. The van der Waals surface area contributed by atoms with Gasteiger partial charge in [0.1, 0.15) is 31.4 Å². The molecule has 0 saturated heterocycles. The Morgan fingerprint density at radius 2 is 2.00 bits per heavy atom. The first-order chi connectivity index (χ1) is 15.9. The molecule has 0 unspecified atom stereocenters. The van der Waals surface area contributed by atoms with Crippen molar-refractivity contribution in [1.29, 1.82) is 0 Å². The maximum atomic E-state index is 11.2. The molecule has 1 aromatic heterocycles. The minimum Gasteiger partial charge on any atom is -0.490 e. The van der Waals surface area contributed by atoms with E-state index in [9.17, 15) is 14.7 Å². The fourth-order valence-corrected chi connectivity index (χ4v) is 3.33. The molecule has 0 spiro atoms. The largest absolute Gasteiger partial charge is 0.490 e. The monoisotopic (exact) mass is 453 g/mol. The van der Waals surface area contributed by atoms with Crippen molar-refractivity contribution < 1.29 is 29.1 Å². The molecule has 3 aromatic rings. The van der Waals surface area contributed by atoms with Crippen LogP contribution in [-0.2, 0) is 11.2 Å². The Labute approximate surface area is 191 Å². The number of amides is 1. The number of carbonyl (C=O) groups is 2. The Balaban J connectivity index is 1.78. The standard InChI is InChI=1S/C24H27N3O6/c1-4-16-8-18(7-15(3)22(16)32-13-20(30)10-25-21(31)12-29)23-26-24(33-27-23)17-6-5-14(2)19(9-17)11-28/h5-9,11,20,29-30H,4,10,12-13H2,1-3H3,(H,25,31)/t20-/m0/s1. The van der Waals surface area contributed by atoms with Gasteiger partial charge in [-0.2, -0.15) is 4.98 Å². The molecule has 9 nitrogen and oxygen atoms in total. The number of rotatable bonds is 10. The highest BCUT2D eigenvalue weighted by Crippen LogP contribution is 2.31. The molecule has 2 aromatic carbocycles. The number of ether oxygens (including phenoxy) is 1. The normalized spacial score (nSPS) is 11.8. The summed E-state index contributed by atoms with van der Waals surface area (Å²) in [7, 11) is 0. The van der Waals surface area contributed by atoms with Gasteiger partial charge < -0.3 is 24.8 Å². The van der Waals surface area contributed by atoms with Crippen molar-refractivity contribution in [3.63, 3.8) is 0 Å². The number of aldehydes is 1. The van der Waals surface area contributed by atoms with Crippen molar-refractivity contribution >= 4 is 12.2 Å². The molecule has 0 aliphatic heterocycles. The van der Waals surface area contributed by atoms with Crippen LogP contribution in [0.4, 0.5) is 0 Å². The molecule has 0 bridgehead atoms. The predicted molar refractivity (Wildman–Crippen MR) is 121 cm³/mol. The van der Waals surface area contributed by atoms with Gasteiger partial charge in [-0.25, -0.2) is 0 Å². The zero-order chi connectivity index (χ0) is 24.0. The Morgan fingerprint density at radius 1 is 1.21 bits per heavy atom. The summed E-state index contributed by atoms with van der Waals surface area (Å²) in [5.41, 5.74) is 4.59. The number of benzene rings is 2. The smallest absolute Gasteiger partial charge is 0.258 e. The van der Waals surface area contributed by atoms with Gasteiger partial charge in [-0.05, 0) is 61.2 Å². The predicted octanol–water partition coefficient (Wildman–Crippen LogP) is 2.24. The van der Waals surface area contributed by atoms with Crippen LogP contribution in [0.3, 0.4) is 0 Å². The van der Waals surface area contributed by atoms with E-state index in [4.69, 9.17) is 14.4 Å². The van der Waals surface area contributed by atoms with Crippen LogP contribution < -0.4 is 10.1 Å². The average Bonchev–Trinajstić information content (AvgIpc) is 3.31. The van der Waals surface area contributed by atoms with Crippen LogP contribution in [0.1, 0.15) is 34.0 Å². The molecule has 174 valence electrons. The van der Waals surface area contributed by atoms with Gasteiger partial charge in [0.2, 0.25) is 11.7 Å². The first-order valence-corrected chi connectivity index (χ1v) is 10.6. The lowest BCUT2D eigenvalue weighted by molar-refractivity contribution is -0.124. The lowest BCUT2D eigenvalue weighted by Gasteiger charge is -2.17. The van der Waals surface area contributed by atoms with Crippen molar-refractivity contribution in [2.45, 2.75) is 33.3 Å². The maximum Gasteiger partial charge on any atom is 0.258 e. The van der Waals surface area contributed by atoms with Crippen molar-refractivity contribution in [3.8, 4) is 28.6 Å². The number of aromatic nitrogens is 2. The van der Waals surface area contributed by atoms with Gasteiger partial charge in [-0.15, -0.1) is 0 Å². The van der Waals surface area contributed by atoms with Crippen LogP contribution in [-0.4, -0.2) is 58.4 Å². The first kappa shape index (κ1) is 24.1. The fraction of sp³-hybridized carbons (Fsp3) is 0.333. The molecule has 9 heteroatoms. The van der Waals surface area contributed by atoms with E-state index in [2.05, 4.69) is 15.5 Å². The second-order valence-electron chi connectivity index (χ2n) is 7.67. The number of aryl methyl sites for hydroxylation is 3. The van der Waals surface area contributed by atoms with E-state index in [1.807, 2.05) is 45.0 Å². The van der Waals surface area contributed by atoms with E-state index in [1.165, 1.54) is 0 Å². The summed E-state index contributed by atoms with van der Waals surface area (Å²) >= 11 is 0. The summed E-state index contributed by atoms with van der Waals surface area (Å²) in [5, 5.41) is 25.3. The van der Waals surface area contributed by atoms with Gasteiger partial charge in [-0.3, -0.25) is 9.59 Å². The highest BCUT2D eigenvalue weighted by Gasteiger charge is 2.17. The molecule has 0 radical (unpaired) electrons. The molecule has 0 fully saturated rings. The Kier molecular flexibility index (Phi) is 7.92. The van der Waals surface area contributed by atoms with Crippen LogP contribution >= 0.6 is 0 Å². The summed E-state index contributed by atoms with van der Waals surface area (Å²) in [4.78, 5) is 26.8. The molecule has 0 aliphatic rings. The minimum absolute atomic E-state index is 0.0161. The lowest BCUT2D eigenvalue weighted by atomic mass is 10.0. The van der Waals surface area contributed by atoms with E-state index in [0.29, 0.717) is 35.0 Å². The SMILES string of the molecule is CCc1cc(-c2noc(-c3ccc(C)c(C=O)c3)n2)cc(C)c1OC[C@@H](O)CNC(=O)CO. The molecular weight excluding hydrogens is 426 g/mol. The number of aliphatic hydroxyl groups is 2. The van der Waals surface area contributed by atoms with Gasteiger partial charge in [0, 0.05) is 23.2 Å². The van der Waals surface area contributed by atoms with Gasteiger partial charge >= 0.3 is 0 Å². The minimum atomic E-state index is -0.921. The Morgan fingerprint density at radius 3 is 2.70 bits per heavy atom. The van der Waals surface area contributed by atoms with Gasteiger partial charge in [0.15, 0.2) is 0 Å². The number of aliphatic hydroxyl groups excluding tert-OH is 2. The summed E-state index contributed by atoms with van der Waals surface area (Å²) in [6.07, 6.45) is 0.547. The molecule has 3 N–H and O–H groups in total. The zero-order valence-corrected chi connectivity index (χ0v) is 18.8. The lowest BCUT2D eigenvalue weighted by Crippen LogP contribution is -2.36. The average molecular weight is 453 g/mol. The summed E-state index contributed by atoms with van der Waals surface area (Å²) in [6, 6.07) is 9.15. The summed E-state index contributed by atoms with van der Waals surface area (Å²) < 4.78 is 11.3. The molecule has 1 amide bonds. The molecular formula is C24H27N3O6. The van der Waals surface area contributed by atoms with Crippen molar-refractivity contribution in [2.75, 3.05) is 19.8 Å². The summed E-state index contributed by atoms with van der Waals surface area (Å²) in [5.74, 6) is 0.814. The fourth-order valence-electron chi connectivity index (χ4n) is 3.33. The molecule has 3 rings (SSSR count). The maximum absolute atomic E-state index is 11.2. The molecule has 33 heavy (non-hydrogen) atoms. The number of hydrogen-bond donors (Lipinski definition) is 3. The molecule has 1 atom stereocenters. The third kappa shape index (κ3) is 5.82. The van der Waals surface area contributed by atoms with Gasteiger partial charge in [-0.1, -0.05) is 18.1 Å². The third-order valence-electron chi connectivity index (χ3n) is 5.17. The van der Waals surface area contributed by atoms with Gasteiger partial charge in [0.05, 0.1) is 0 Å². The number of nitrogens with one attached hydrogen (secondary N) is 1. The number of hydrogen-bond acceptors (Lipinski definition) is 8. The number of nitrogens with zero attached hydrogens (tertiary/aromatic N) is 2. The van der Waals surface area contributed by atoms with E-state index in [1.54, 1.807) is 6.07 Å². The number of carbonyl (C=O) groups excluding carboxylic acids is 2. The Bertz CT molecular complexity index is 1140. The second-order valence-corrected chi connectivity index (χ2v) is 7.67. The van der Waals surface area contributed by atoms with Crippen LogP contribution in [0, 0.1) is 13.8 Å². The van der Waals surface area contributed by atoms with Crippen LogP contribution in [0.15, 0.2) is 34.9 Å². The van der Waals surface area contributed by atoms with E-state index < -0.39 is 18.6 Å². The van der Waals surface area contributed by atoms with Crippen molar-refractivity contribution in [1.82, 2.24) is 15.5 Å².